The molecule has 26 heavy (non-hydrogen) atoms. The molecule has 0 bridgehead atoms. The van der Waals surface area contributed by atoms with Gasteiger partial charge in [0, 0.05) is 18.7 Å². The molecule has 1 aromatic rings. The molecule has 1 heterocycles. The number of unbranched alkanes of at least 4 members (excludes halogenated alkanes) is 1. The number of hydrogen-bond acceptors (Lipinski definition) is 4. The maximum Gasteiger partial charge on any atom is 0.223 e. The van der Waals surface area contributed by atoms with Crippen molar-refractivity contribution in [2.45, 2.75) is 44.0 Å². The number of amides is 1. The molecule has 1 saturated heterocycles. The van der Waals surface area contributed by atoms with E-state index in [4.69, 9.17) is 5.26 Å². The van der Waals surface area contributed by atoms with Crippen molar-refractivity contribution >= 4 is 17.7 Å². The van der Waals surface area contributed by atoms with E-state index >= 15 is 0 Å². The lowest BCUT2D eigenvalue weighted by Gasteiger charge is -2.23. The van der Waals surface area contributed by atoms with Crippen molar-refractivity contribution in [2.24, 2.45) is 0 Å². The highest BCUT2D eigenvalue weighted by Crippen LogP contribution is 2.29. The second kappa shape index (κ2) is 10.3. The number of benzene rings is 1. The SMILES string of the molecule is N#CSCCCCN1C(=O)CC[C@@H]1C=C(F)C(O)C(F)c1ccccc1. The maximum atomic E-state index is 14.4. The van der Waals surface area contributed by atoms with Crippen molar-refractivity contribution in [3.05, 3.63) is 47.8 Å². The van der Waals surface area contributed by atoms with Crippen molar-refractivity contribution in [1.82, 2.24) is 4.90 Å². The normalized spacial score (nSPS) is 20.1. The van der Waals surface area contributed by atoms with Crippen LogP contribution in [-0.4, -0.2) is 40.4 Å². The number of nitrogens with zero attached hydrogens (tertiary/aromatic N) is 2. The van der Waals surface area contributed by atoms with Crippen LogP contribution in [0.4, 0.5) is 8.78 Å². The Hall–Kier alpha value is -1.91. The minimum Gasteiger partial charge on any atom is -0.383 e. The molecule has 2 rings (SSSR count). The number of hydrogen-bond donors (Lipinski definition) is 1. The zero-order valence-corrected chi connectivity index (χ0v) is 15.2. The molecule has 1 aliphatic rings. The number of carbonyl (C=O) groups is 1. The summed E-state index contributed by atoms with van der Waals surface area (Å²) in [6.07, 6.45) is -0.323. The molecule has 140 valence electrons. The molecule has 7 heteroatoms. The van der Waals surface area contributed by atoms with E-state index in [1.54, 1.807) is 23.1 Å². The van der Waals surface area contributed by atoms with Gasteiger partial charge in [-0.3, -0.25) is 4.79 Å². The highest BCUT2D eigenvalue weighted by atomic mass is 32.2. The highest BCUT2D eigenvalue weighted by molar-refractivity contribution is 8.03. The number of nitriles is 1. The van der Waals surface area contributed by atoms with Crippen molar-refractivity contribution < 1.29 is 18.7 Å². The predicted octanol–water partition coefficient (Wildman–Crippen LogP) is 3.90. The van der Waals surface area contributed by atoms with Gasteiger partial charge in [-0.1, -0.05) is 30.3 Å². The average molecular weight is 380 g/mol. The lowest BCUT2D eigenvalue weighted by molar-refractivity contribution is -0.128. The van der Waals surface area contributed by atoms with E-state index in [0.29, 0.717) is 31.6 Å². The largest absolute Gasteiger partial charge is 0.383 e. The van der Waals surface area contributed by atoms with E-state index in [1.165, 1.54) is 12.1 Å². The number of carbonyl (C=O) groups excluding carboxylic acids is 1. The van der Waals surface area contributed by atoms with Gasteiger partial charge in [0.2, 0.25) is 5.91 Å². The third-order valence-corrected chi connectivity index (χ3v) is 4.99. The summed E-state index contributed by atoms with van der Waals surface area (Å²) in [6.45, 7) is 0.465. The Morgan fingerprint density at radius 3 is 2.85 bits per heavy atom. The van der Waals surface area contributed by atoms with Crippen LogP contribution < -0.4 is 0 Å². The van der Waals surface area contributed by atoms with Crippen molar-refractivity contribution in [1.29, 1.82) is 5.26 Å². The standard InChI is InChI=1S/C19H22F2N2O2S/c20-16(19(25)18(21)14-6-2-1-3-7-14)12-15-8-9-17(24)23(15)10-4-5-11-26-13-22/h1-3,6-7,12,15,18-19,25H,4-5,8-11H2/t15-,18?,19?/m1/s1. The predicted molar refractivity (Wildman–Crippen MR) is 97.5 cm³/mol. The van der Waals surface area contributed by atoms with Crippen molar-refractivity contribution in [3.8, 4) is 5.40 Å². The average Bonchev–Trinajstić information content (AvgIpc) is 3.00. The topological polar surface area (TPSA) is 64.3 Å². The van der Waals surface area contributed by atoms with Crippen LogP contribution in [0, 0.1) is 10.7 Å². The van der Waals surface area contributed by atoms with Gasteiger partial charge in [0.1, 0.15) is 17.3 Å². The molecule has 4 nitrogen and oxygen atoms in total. The van der Waals surface area contributed by atoms with Crippen LogP contribution in [0.5, 0.6) is 0 Å². The van der Waals surface area contributed by atoms with Gasteiger partial charge < -0.3 is 10.0 Å². The molecule has 0 spiro atoms. The summed E-state index contributed by atoms with van der Waals surface area (Å²) in [5, 5.41) is 20.4. The molecule has 0 aromatic heterocycles. The number of thioether (sulfide) groups is 1. The zero-order chi connectivity index (χ0) is 18.9. The molecule has 1 aliphatic heterocycles. The number of thiocyanates is 1. The Balaban J connectivity index is 1.96. The second-order valence-electron chi connectivity index (χ2n) is 6.15. The van der Waals surface area contributed by atoms with E-state index in [-0.39, 0.29) is 11.5 Å². The molecule has 0 aliphatic carbocycles. The molecular formula is C19H22F2N2O2S. The van der Waals surface area contributed by atoms with Crippen LogP contribution in [0.15, 0.2) is 42.2 Å². The lowest BCUT2D eigenvalue weighted by atomic mass is 10.0. The third kappa shape index (κ3) is 5.55. The molecule has 1 fully saturated rings. The van der Waals surface area contributed by atoms with Gasteiger partial charge in [-0.15, -0.1) is 0 Å². The number of alkyl halides is 1. The molecule has 1 amide bonds. The van der Waals surface area contributed by atoms with Crippen LogP contribution in [0.25, 0.3) is 0 Å². The Bertz CT molecular complexity index is 663. The van der Waals surface area contributed by atoms with Gasteiger partial charge in [-0.05, 0) is 42.7 Å². The minimum atomic E-state index is -1.89. The summed E-state index contributed by atoms with van der Waals surface area (Å²) in [5.74, 6) is -0.334. The minimum absolute atomic E-state index is 0.0682. The first-order valence-corrected chi connectivity index (χ1v) is 9.57. The first kappa shape index (κ1) is 20.4. The fraction of sp³-hybridized carbons (Fsp3) is 0.474. The fourth-order valence-corrected chi connectivity index (χ4v) is 3.40. The van der Waals surface area contributed by atoms with Gasteiger partial charge in [-0.2, -0.15) is 5.26 Å². The van der Waals surface area contributed by atoms with Crippen LogP contribution >= 0.6 is 11.8 Å². The van der Waals surface area contributed by atoms with Crippen LogP contribution in [0.3, 0.4) is 0 Å². The summed E-state index contributed by atoms with van der Waals surface area (Å²) >= 11 is 1.16. The molecule has 1 N–H and O–H groups in total. The first-order chi connectivity index (χ1) is 12.5. The fourth-order valence-electron chi connectivity index (χ4n) is 2.96. The van der Waals surface area contributed by atoms with Crippen LogP contribution in [0.2, 0.25) is 0 Å². The van der Waals surface area contributed by atoms with Crippen LogP contribution in [-0.2, 0) is 4.79 Å². The summed E-state index contributed by atoms with van der Waals surface area (Å²) in [5.41, 5.74) is 0.206. The van der Waals surface area contributed by atoms with Gasteiger partial charge in [0.25, 0.3) is 0 Å². The molecule has 2 unspecified atom stereocenters. The summed E-state index contributed by atoms with van der Waals surface area (Å²) in [4.78, 5) is 13.6. The van der Waals surface area contributed by atoms with E-state index in [9.17, 15) is 18.7 Å². The number of rotatable bonds is 9. The zero-order valence-electron chi connectivity index (χ0n) is 14.4. The monoisotopic (exact) mass is 380 g/mol. The number of likely N-dealkylation sites (tertiary alicyclic amines) is 1. The van der Waals surface area contributed by atoms with Gasteiger partial charge in [0.15, 0.2) is 6.17 Å². The summed E-state index contributed by atoms with van der Waals surface area (Å²) in [6, 6.07) is 7.48. The number of aliphatic hydroxyl groups excluding tert-OH is 1. The molecule has 0 saturated carbocycles. The van der Waals surface area contributed by atoms with E-state index in [1.807, 2.05) is 5.40 Å². The maximum absolute atomic E-state index is 14.4. The van der Waals surface area contributed by atoms with E-state index in [0.717, 1.165) is 24.3 Å². The quantitative estimate of drug-likeness (QED) is 0.521. The van der Waals surface area contributed by atoms with Crippen molar-refractivity contribution in [3.63, 3.8) is 0 Å². The van der Waals surface area contributed by atoms with Gasteiger partial charge >= 0.3 is 0 Å². The highest BCUT2D eigenvalue weighted by Gasteiger charge is 2.32. The van der Waals surface area contributed by atoms with Gasteiger partial charge in [0.05, 0.1) is 6.04 Å². The van der Waals surface area contributed by atoms with Gasteiger partial charge in [-0.25, -0.2) is 8.78 Å². The van der Waals surface area contributed by atoms with Crippen LogP contribution in [0.1, 0.15) is 37.4 Å². The van der Waals surface area contributed by atoms with E-state index < -0.39 is 24.1 Å². The molecular weight excluding hydrogens is 358 g/mol. The second-order valence-corrected chi connectivity index (χ2v) is 7.03. The molecule has 3 atom stereocenters. The molecule has 0 radical (unpaired) electrons. The summed E-state index contributed by atoms with van der Waals surface area (Å²) in [7, 11) is 0. The first-order valence-electron chi connectivity index (χ1n) is 8.59. The Morgan fingerprint density at radius 2 is 2.15 bits per heavy atom. The number of halogens is 2. The van der Waals surface area contributed by atoms with Crippen molar-refractivity contribution in [2.75, 3.05) is 12.3 Å². The Morgan fingerprint density at radius 1 is 1.42 bits per heavy atom. The summed E-state index contributed by atoms with van der Waals surface area (Å²) < 4.78 is 28.7. The lowest BCUT2D eigenvalue weighted by Crippen LogP contribution is -2.33. The third-order valence-electron chi connectivity index (χ3n) is 4.36. The Kier molecular flexibility index (Phi) is 8.07. The number of aliphatic hydroxyl groups is 1. The Labute approximate surface area is 156 Å². The van der Waals surface area contributed by atoms with E-state index in [2.05, 4.69) is 0 Å². The molecule has 1 aromatic carbocycles. The smallest absolute Gasteiger partial charge is 0.223 e.